The van der Waals surface area contributed by atoms with Crippen LogP contribution in [0.4, 0.5) is 4.79 Å². The molecule has 0 aliphatic carbocycles. The van der Waals surface area contributed by atoms with Crippen molar-refractivity contribution >= 4 is 18.3 Å². The monoisotopic (exact) mass is 196 g/mol. The zero-order chi connectivity index (χ0) is 10.4. The van der Waals surface area contributed by atoms with E-state index < -0.39 is 5.97 Å². The first-order valence-corrected chi connectivity index (χ1v) is 4.08. The van der Waals surface area contributed by atoms with E-state index in [1.165, 1.54) is 4.90 Å². The van der Waals surface area contributed by atoms with Crippen molar-refractivity contribution in [2.75, 3.05) is 13.1 Å². The first-order valence-electron chi connectivity index (χ1n) is 4.08. The fourth-order valence-electron chi connectivity index (χ4n) is 0.849. The first-order chi connectivity index (χ1) is 6.70. The van der Waals surface area contributed by atoms with Crippen LogP contribution >= 0.6 is 0 Å². The van der Waals surface area contributed by atoms with E-state index in [2.05, 4.69) is 16.6 Å². The van der Waals surface area contributed by atoms with E-state index in [1.54, 1.807) is 12.3 Å². The van der Waals surface area contributed by atoms with Crippen LogP contribution in [0.15, 0.2) is 17.3 Å². The molecule has 0 fully saturated rings. The highest BCUT2D eigenvalue weighted by molar-refractivity contribution is 5.87. The Morgan fingerprint density at radius 3 is 3.00 bits per heavy atom. The van der Waals surface area contributed by atoms with Gasteiger partial charge in [0.1, 0.15) is 0 Å². The van der Waals surface area contributed by atoms with Gasteiger partial charge in [-0.1, -0.05) is 0 Å². The lowest BCUT2D eigenvalue weighted by Gasteiger charge is -2.16. The maximum absolute atomic E-state index is 11.2. The molecule has 2 amide bonds. The number of nitrogens with zero attached hydrogens (tertiary/aromatic N) is 2. The predicted octanol–water partition coefficient (Wildman–Crippen LogP) is -0.0947. The highest BCUT2D eigenvalue weighted by atomic mass is 16.4. The van der Waals surface area contributed by atoms with Crippen molar-refractivity contribution in [3.05, 3.63) is 12.3 Å². The van der Waals surface area contributed by atoms with Gasteiger partial charge in [-0.2, -0.15) is 0 Å². The molecule has 0 aromatic carbocycles. The number of hydrogen-bond donors (Lipinski definition) is 2. The van der Waals surface area contributed by atoms with E-state index in [-0.39, 0.29) is 19.0 Å². The molecular weight excluding hydrogens is 186 g/mol. The molecule has 1 aliphatic heterocycles. The highest BCUT2D eigenvalue weighted by Gasteiger charge is 2.11. The molecule has 0 saturated carbocycles. The summed E-state index contributed by atoms with van der Waals surface area (Å²) < 4.78 is 0. The van der Waals surface area contributed by atoms with Crippen molar-refractivity contribution in [3.8, 4) is 0 Å². The largest absolute Gasteiger partial charge is 0.481 e. The number of carbonyl (C=O) groups excluding carboxylic acids is 1. The summed E-state index contributed by atoms with van der Waals surface area (Å²) in [5, 5.41) is 10.8. The Kier molecular flexibility index (Phi) is 3.66. The molecule has 14 heavy (non-hydrogen) atoms. The molecule has 6 heteroatoms. The molecule has 1 rings (SSSR count). The first kappa shape index (κ1) is 10.2. The van der Waals surface area contributed by atoms with Crippen LogP contribution in [0.2, 0.25) is 0 Å². The van der Waals surface area contributed by atoms with Crippen molar-refractivity contribution in [1.82, 2.24) is 10.2 Å². The zero-order valence-electron chi connectivity index (χ0n) is 7.43. The summed E-state index contributed by atoms with van der Waals surface area (Å²) in [4.78, 5) is 26.3. The molecule has 6 nitrogen and oxygen atoms in total. The van der Waals surface area contributed by atoms with E-state index in [9.17, 15) is 9.59 Å². The molecule has 2 N–H and O–H groups in total. The van der Waals surface area contributed by atoms with E-state index in [0.29, 0.717) is 6.54 Å². The van der Waals surface area contributed by atoms with E-state index in [0.717, 1.165) is 0 Å². The Balaban J connectivity index is 2.25. The molecule has 0 unspecified atom stereocenters. The normalized spacial score (nSPS) is 14.1. The van der Waals surface area contributed by atoms with Crippen LogP contribution in [0.3, 0.4) is 0 Å². The summed E-state index contributed by atoms with van der Waals surface area (Å²) in [6.07, 6.45) is 5.62. The standard InChI is InChI=1S/C8H10N3O3/c12-7(13)2-4-10-8(14)11-5-1-3-9-6-11/h1,3H,2,4-5H2,(H,10,14)(H,12,13). The van der Waals surface area contributed by atoms with Gasteiger partial charge in [-0.25, -0.2) is 9.79 Å². The van der Waals surface area contributed by atoms with Crippen molar-refractivity contribution < 1.29 is 14.7 Å². The lowest BCUT2D eigenvalue weighted by Crippen LogP contribution is -2.40. The smallest absolute Gasteiger partial charge is 0.323 e. The Morgan fingerprint density at radius 1 is 1.64 bits per heavy atom. The van der Waals surface area contributed by atoms with Crippen molar-refractivity contribution in [3.63, 3.8) is 0 Å². The summed E-state index contributed by atoms with van der Waals surface area (Å²) in [6.45, 7) is 0.512. The number of aliphatic carboxylic acids is 1. The lowest BCUT2D eigenvalue weighted by molar-refractivity contribution is -0.136. The predicted molar refractivity (Wildman–Crippen MR) is 48.9 cm³/mol. The summed E-state index contributed by atoms with van der Waals surface area (Å²) in [5.41, 5.74) is 0. The van der Waals surface area contributed by atoms with Gasteiger partial charge in [-0.3, -0.25) is 9.69 Å². The van der Waals surface area contributed by atoms with Crippen LogP contribution in [0.1, 0.15) is 6.42 Å². The molecule has 0 aromatic rings. The lowest BCUT2D eigenvalue weighted by atomic mass is 10.4. The van der Waals surface area contributed by atoms with Gasteiger partial charge in [0.05, 0.1) is 6.42 Å². The third kappa shape index (κ3) is 3.26. The van der Waals surface area contributed by atoms with Crippen LogP contribution in [-0.4, -0.2) is 41.4 Å². The number of carbonyl (C=O) groups is 2. The highest BCUT2D eigenvalue weighted by Crippen LogP contribution is 1.93. The van der Waals surface area contributed by atoms with Gasteiger partial charge in [0.25, 0.3) is 0 Å². The second-order valence-corrected chi connectivity index (χ2v) is 2.60. The number of amides is 2. The number of carboxylic acid groups (broad SMARTS) is 1. The van der Waals surface area contributed by atoms with Crippen molar-refractivity contribution in [1.29, 1.82) is 0 Å². The molecule has 1 radical (unpaired) electrons. The van der Waals surface area contributed by atoms with Gasteiger partial charge in [0.2, 0.25) is 0 Å². The van der Waals surface area contributed by atoms with E-state index >= 15 is 0 Å². The summed E-state index contributed by atoms with van der Waals surface area (Å²) >= 11 is 0. The molecule has 75 valence electrons. The molecular formula is C8H10N3O3. The van der Waals surface area contributed by atoms with Gasteiger partial charge in [0.15, 0.2) is 6.34 Å². The Hall–Kier alpha value is -1.85. The number of carboxylic acids is 1. The van der Waals surface area contributed by atoms with Crippen LogP contribution in [0, 0.1) is 0 Å². The second kappa shape index (κ2) is 5.00. The summed E-state index contributed by atoms with van der Waals surface area (Å²) in [7, 11) is 0. The number of hydrogen-bond acceptors (Lipinski definition) is 3. The third-order valence-corrected chi connectivity index (χ3v) is 1.51. The van der Waals surface area contributed by atoms with Gasteiger partial charge in [0, 0.05) is 19.3 Å². The van der Waals surface area contributed by atoms with E-state index in [4.69, 9.17) is 5.11 Å². The minimum absolute atomic E-state index is 0.0907. The molecule has 0 spiro atoms. The average Bonchev–Trinajstić information content (AvgIpc) is 2.18. The molecule has 1 aliphatic rings. The van der Waals surface area contributed by atoms with Crippen LogP contribution in [-0.2, 0) is 4.79 Å². The van der Waals surface area contributed by atoms with Gasteiger partial charge in [-0.15, -0.1) is 0 Å². The van der Waals surface area contributed by atoms with Gasteiger partial charge < -0.3 is 10.4 Å². The summed E-state index contributed by atoms with van der Waals surface area (Å²) in [5.74, 6) is -0.943. The Labute approximate surface area is 80.9 Å². The Morgan fingerprint density at radius 2 is 2.43 bits per heavy atom. The topological polar surface area (TPSA) is 82.0 Å². The minimum Gasteiger partial charge on any atom is -0.481 e. The number of nitrogens with one attached hydrogen (secondary N) is 1. The molecule has 0 atom stereocenters. The second-order valence-electron chi connectivity index (χ2n) is 2.60. The zero-order valence-corrected chi connectivity index (χ0v) is 7.43. The molecule has 0 saturated heterocycles. The number of rotatable bonds is 3. The van der Waals surface area contributed by atoms with Crippen molar-refractivity contribution in [2.45, 2.75) is 6.42 Å². The maximum Gasteiger partial charge on any atom is 0.323 e. The molecule has 1 heterocycles. The third-order valence-electron chi connectivity index (χ3n) is 1.51. The number of aliphatic imine (C=N–C) groups is 1. The van der Waals surface area contributed by atoms with Crippen molar-refractivity contribution in [2.24, 2.45) is 4.99 Å². The number of urea groups is 1. The molecule has 0 aromatic heterocycles. The van der Waals surface area contributed by atoms with Crippen LogP contribution in [0.25, 0.3) is 0 Å². The SMILES string of the molecule is O=C(O)CCNC(=O)N1[C]=NC=CC1. The fraction of sp³-hybridized carbons (Fsp3) is 0.375. The maximum atomic E-state index is 11.2. The van der Waals surface area contributed by atoms with Crippen LogP contribution < -0.4 is 5.32 Å². The Bertz CT molecular complexity index is 286. The van der Waals surface area contributed by atoms with Crippen LogP contribution in [0.5, 0.6) is 0 Å². The fourth-order valence-corrected chi connectivity index (χ4v) is 0.849. The minimum atomic E-state index is -0.943. The van der Waals surface area contributed by atoms with Gasteiger partial charge in [-0.05, 0) is 6.08 Å². The van der Waals surface area contributed by atoms with Gasteiger partial charge >= 0.3 is 12.0 Å². The van der Waals surface area contributed by atoms with E-state index in [1.807, 2.05) is 0 Å². The summed E-state index contributed by atoms with van der Waals surface area (Å²) in [6, 6.07) is -0.389. The quantitative estimate of drug-likeness (QED) is 0.661. The average molecular weight is 196 g/mol. The molecule has 0 bridgehead atoms.